The number of nitrogens with two attached hydrogens (primary N) is 1. The molecule has 1 unspecified atom stereocenters. The van der Waals surface area contributed by atoms with E-state index in [-0.39, 0.29) is 6.04 Å². The van der Waals surface area contributed by atoms with Crippen molar-refractivity contribution >= 4 is 11.6 Å². The predicted octanol–water partition coefficient (Wildman–Crippen LogP) is 2.80. The molecule has 0 radical (unpaired) electrons. The predicted molar refractivity (Wildman–Crippen MR) is 103 cm³/mol. The Balaban J connectivity index is 1.70. The standard InChI is InChI=1S/C20H26N4O/c1-16-6-5-9-18(14-16)23-20(21)22-15-19(17-7-3-2-4-8-17)24-10-12-25-13-11-24/h2-9,14,19H,10-13,15H2,1H3,(H3,21,22,23). The first-order valence-electron chi connectivity index (χ1n) is 8.73. The summed E-state index contributed by atoms with van der Waals surface area (Å²) in [5.41, 5.74) is 9.52. The third-order valence-electron chi connectivity index (χ3n) is 4.40. The number of morpholine rings is 1. The highest BCUT2D eigenvalue weighted by Gasteiger charge is 2.22. The molecule has 0 aromatic heterocycles. The molecular formula is C20H26N4O. The van der Waals surface area contributed by atoms with E-state index in [0.717, 1.165) is 32.0 Å². The van der Waals surface area contributed by atoms with Crippen molar-refractivity contribution < 1.29 is 4.74 Å². The number of aryl methyl sites for hydroxylation is 1. The first-order chi connectivity index (χ1) is 12.2. The zero-order valence-electron chi connectivity index (χ0n) is 14.7. The zero-order chi connectivity index (χ0) is 17.5. The van der Waals surface area contributed by atoms with Crippen LogP contribution in [0.1, 0.15) is 17.2 Å². The highest BCUT2D eigenvalue weighted by Crippen LogP contribution is 2.22. The molecule has 0 aliphatic carbocycles. The van der Waals surface area contributed by atoms with E-state index in [1.54, 1.807) is 0 Å². The van der Waals surface area contributed by atoms with Crippen LogP contribution in [-0.4, -0.2) is 43.7 Å². The van der Waals surface area contributed by atoms with Gasteiger partial charge in [0.15, 0.2) is 5.96 Å². The van der Waals surface area contributed by atoms with Gasteiger partial charge in [-0.1, -0.05) is 42.5 Å². The van der Waals surface area contributed by atoms with Crippen LogP contribution in [0.3, 0.4) is 0 Å². The van der Waals surface area contributed by atoms with E-state index in [9.17, 15) is 0 Å². The summed E-state index contributed by atoms with van der Waals surface area (Å²) in [7, 11) is 0. The number of nitrogens with zero attached hydrogens (tertiary/aromatic N) is 2. The molecule has 1 aliphatic rings. The minimum Gasteiger partial charge on any atom is -0.379 e. The Morgan fingerprint density at radius 1 is 1.16 bits per heavy atom. The molecule has 1 saturated heterocycles. The van der Waals surface area contributed by atoms with Crippen LogP contribution in [0.25, 0.3) is 0 Å². The van der Waals surface area contributed by atoms with Gasteiger partial charge in [0.05, 0.1) is 25.8 Å². The Labute approximate surface area is 149 Å². The average Bonchev–Trinajstić information content (AvgIpc) is 2.64. The van der Waals surface area contributed by atoms with Gasteiger partial charge in [0, 0.05) is 18.8 Å². The lowest BCUT2D eigenvalue weighted by atomic mass is 10.1. The first-order valence-corrected chi connectivity index (χ1v) is 8.73. The summed E-state index contributed by atoms with van der Waals surface area (Å²) >= 11 is 0. The number of nitrogens with one attached hydrogen (secondary N) is 1. The normalized spacial score (nSPS) is 17.2. The van der Waals surface area contributed by atoms with Crippen LogP contribution in [0.5, 0.6) is 0 Å². The summed E-state index contributed by atoms with van der Waals surface area (Å²) < 4.78 is 5.49. The van der Waals surface area contributed by atoms with Gasteiger partial charge in [0.25, 0.3) is 0 Å². The van der Waals surface area contributed by atoms with Crippen LogP contribution < -0.4 is 11.1 Å². The van der Waals surface area contributed by atoms with Crippen molar-refractivity contribution in [2.45, 2.75) is 13.0 Å². The molecular weight excluding hydrogens is 312 g/mol. The van der Waals surface area contributed by atoms with E-state index in [1.807, 2.05) is 18.2 Å². The molecule has 0 saturated carbocycles. The number of guanidine groups is 1. The van der Waals surface area contributed by atoms with E-state index in [0.29, 0.717) is 12.5 Å². The summed E-state index contributed by atoms with van der Waals surface area (Å²) in [6, 6.07) is 18.8. The summed E-state index contributed by atoms with van der Waals surface area (Å²) in [5, 5.41) is 3.18. The number of hydrogen-bond acceptors (Lipinski definition) is 3. The van der Waals surface area contributed by atoms with Crippen molar-refractivity contribution in [1.82, 2.24) is 4.90 Å². The molecule has 5 nitrogen and oxygen atoms in total. The smallest absolute Gasteiger partial charge is 0.193 e. The number of aliphatic imine (C=N–C) groups is 1. The lowest BCUT2D eigenvalue weighted by Crippen LogP contribution is -2.40. The Morgan fingerprint density at radius 2 is 1.92 bits per heavy atom. The van der Waals surface area contributed by atoms with Gasteiger partial charge in [0.1, 0.15) is 0 Å². The summed E-state index contributed by atoms with van der Waals surface area (Å²) in [6.45, 7) is 6.05. The fourth-order valence-corrected chi connectivity index (χ4v) is 3.09. The van der Waals surface area contributed by atoms with Gasteiger partial charge >= 0.3 is 0 Å². The Kier molecular flexibility index (Phi) is 6.04. The molecule has 0 amide bonds. The van der Waals surface area contributed by atoms with E-state index in [1.165, 1.54) is 11.1 Å². The second kappa shape index (κ2) is 8.65. The van der Waals surface area contributed by atoms with E-state index >= 15 is 0 Å². The van der Waals surface area contributed by atoms with Crippen molar-refractivity contribution in [2.75, 3.05) is 38.2 Å². The second-order valence-corrected chi connectivity index (χ2v) is 6.30. The molecule has 2 aromatic carbocycles. The van der Waals surface area contributed by atoms with Crippen molar-refractivity contribution in [3.8, 4) is 0 Å². The van der Waals surface area contributed by atoms with Crippen LogP contribution in [0.4, 0.5) is 5.69 Å². The average molecular weight is 338 g/mol. The third-order valence-corrected chi connectivity index (χ3v) is 4.40. The minimum absolute atomic E-state index is 0.211. The fourth-order valence-electron chi connectivity index (χ4n) is 3.09. The molecule has 25 heavy (non-hydrogen) atoms. The van der Waals surface area contributed by atoms with Crippen LogP contribution in [0.15, 0.2) is 59.6 Å². The van der Waals surface area contributed by atoms with Crippen molar-refractivity contribution in [3.63, 3.8) is 0 Å². The topological polar surface area (TPSA) is 62.9 Å². The number of ether oxygens (including phenoxy) is 1. The zero-order valence-corrected chi connectivity index (χ0v) is 14.7. The Bertz CT molecular complexity index is 696. The molecule has 1 aliphatic heterocycles. The maximum absolute atomic E-state index is 6.11. The molecule has 132 valence electrons. The summed E-state index contributed by atoms with van der Waals surface area (Å²) in [4.78, 5) is 7.02. The first kappa shape index (κ1) is 17.5. The second-order valence-electron chi connectivity index (χ2n) is 6.30. The van der Waals surface area contributed by atoms with Crippen LogP contribution in [0, 0.1) is 6.92 Å². The van der Waals surface area contributed by atoms with Gasteiger partial charge in [-0.25, -0.2) is 0 Å². The van der Waals surface area contributed by atoms with E-state index < -0.39 is 0 Å². The maximum atomic E-state index is 6.11. The molecule has 5 heteroatoms. The largest absolute Gasteiger partial charge is 0.379 e. The number of benzene rings is 2. The molecule has 1 heterocycles. The van der Waals surface area contributed by atoms with Crippen LogP contribution in [0.2, 0.25) is 0 Å². The monoisotopic (exact) mass is 338 g/mol. The third kappa shape index (κ3) is 5.05. The molecule has 3 rings (SSSR count). The van der Waals surface area contributed by atoms with Crippen molar-refractivity contribution in [3.05, 3.63) is 65.7 Å². The molecule has 2 aromatic rings. The van der Waals surface area contributed by atoms with Gasteiger partial charge in [-0.15, -0.1) is 0 Å². The number of rotatable bonds is 5. The molecule has 1 atom stereocenters. The van der Waals surface area contributed by atoms with Gasteiger partial charge in [-0.2, -0.15) is 0 Å². The minimum atomic E-state index is 0.211. The summed E-state index contributed by atoms with van der Waals surface area (Å²) in [6.07, 6.45) is 0. The van der Waals surface area contributed by atoms with E-state index in [4.69, 9.17) is 10.5 Å². The van der Waals surface area contributed by atoms with Crippen molar-refractivity contribution in [1.29, 1.82) is 0 Å². The molecule has 0 bridgehead atoms. The highest BCUT2D eigenvalue weighted by molar-refractivity contribution is 5.92. The maximum Gasteiger partial charge on any atom is 0.193 e. The van der Waals surface area contributed by atoms with Gasteiger partial charge < -0.3 is 15.8 Å². The molecule has 0 spiro atoms. The number of hydrogen-bond donors (Lipinski definition) is 2. The Morgan fingerprint density at radius 3 is 2.64 bits per heavy atom. The molecule has 3 N–H and O–H groups in total. The highest BCUT2D eigenvalue weighted by atomic mass is 16.5. The van der Waals surface area contributed by atoms with Crippen molar-refractivity contribution in [2.24, 2.45) is 10.7 Å². The lowest BCUT2D eigenvalue weighted by molar-refractivity contribution is 0.0180. The molecule has 1 fully saturated rings. The van der Waals surface area contributed by atoms with Crippen LogP contribution >= 0.6 is 0 Å². The van der Waals surface area contributed by atoms with Crippen LogP contribution in [-0.2, 0) is 4.74 Å². The Hall–Kier alpha value is -2.37. The van der Waals surface area contributed by atoms with Gasteiger partial charge in [-0.05, 0) is 30.2 Å². The number of anilines is 1. The fraction of sp³-hybridized carbons (Fsp3) is 0.350. The van der Waals surface area contributed by atoms with E-state index in [2.05, 4.69) is 58.5 Å². The summed E-state index contributed by atoms with van der Waals surface area (Å²) in [5.74, 6) is 0.444. The van der Waals surface area contributed by atoms with Gasteiger partial charge in [-0.3, -0.25) is 9.89 Å². The lowest BCUT2D eigenvalue weighted by Gasteiger charge is -2.34. The van der Waals surface area contributed by atoms with Gasteiger partial charge in [0.2, 0.25) is 0 Å². The quantitative estimate of drug-likeness (QED) is 0.650. The SMILES string of the molecule is Cc1cccc(NC(N)=NCC(c2ccccc2)N2CCOCC2)c1.